The fourth-order valence-electron chi connectivity index (χ4n) is 2.66. The first-order chi connectivity index (χ1) is 12.6. The van der Waals surface area contributed by atoms with Gasteiger partial charge in [-0.05, 0) is 36.8 Å². The van der Waals surface area contributed by atoms with E-state index in [0.717, 1.165) is 6.42 Å². The van der Waals surface area contributed by atoms with Crippen LogP contribution < -0.4 is 10.9 Å². The van der Waals surface area contributed by atoms with Crippen LogP contribution in [0.4, 0.5) is 10.5 Å². The van der Waals surface area contributed by atoms with Crippen molar-refractivity contribution in [3.63, 3.8) is 0 Å². The maximum atomic E-state index is 12.6. The highest BCUT2D eigenvalue weighted by Crippen LogP contribution is 2.15. The van der Waals surface area contributed by atoms with Gasteiger partial charge in [-0.1, -0.05) is 36.7 Å². The molecule has 0 saturated heterocycles. The highest BCUT2D eigenvalue weighted by Gasteiger charge is 2.15. The van der Waals surface area contributed by atoms with Crippen molar-refractivity contribution in [2.75, 3.05) is 11.9 Å². The molecular weight excluding hydrogens is 352 g/mol. The monoisotopic (exact) mass is 370 g/mol. The summed E-state index contributed by atoms with van der Waals surface area (Å²) in [6, 6.07) is 13.9. The predicted octanol–water partition coefficient (Wildman–Crippen LogP) is 4.02. The van der Waals surface area contributed by atoms with Gasteiger partial charge in [-0.2, -0.15) is 0 Å². The van der Waals surface area contributed by atoms with Crippen molar-refractivity contribution in [1.29, 1.82) is 0 Å². The summed E-state index contributed by atoms with van der Waals surface area (Å²) < 4.78 is 0. The first-order valence-corrected chi connectivity index (χ1v) is 8.74. The number of hydrogen-bond acceptors (Lipinski definition) is 3. The third-order valence-corrected chi connectivity index (χ3v) is 4.10. The van der Waals surface area contributed by atoms with Gasteiger partial charge in [0.05, 0.1) is 17.4 Å². The molecule has 6 nitrogen and oxygen atoms in total. The van der Waals surface area contributed by atoms with Crippen LogP contribution in [-0.2, 0) is 6.54 Å². The molecule has 0 unspecified atom stereocenters. The minimum atomic E-state index is -0.249. The molecule has 0 radical (unpaired) electrons. The zero-order valence-electron chi connectivity index (χ0n) is 14.3. The number of nitrogens with one attached hydrogen (secondary N) is 2. The van der Waals surface area contributed by atoms with Crippen LogP contribution in [0, 0.1) is 0 Å². The van der Waals surface area contributed by atoms with Crippen LogP contribution >= 0.6 is 11.6 Å². The summed E-state index contributed by atoms with van der Waals surface area (Å²) in [6.45, 7) is 2.72. The lowest BCUT2D eigenvalue weighted by atomic mass is 10.2. The lowest BCUT2D eigenvalue weighted by Crippen LogP contribution is -2.36. The number of rotatable bonds is 5. The Kier molecular flexibility index (Phi) is 5.53. The second-order valence-electron chi connectivity index (χ2n) is 5.89. The molecule has 0 aliphatic carbocycles. The third kappa shape index (κ3) is 4.21. The van der Waals surface area contributed by atoms with Gasteiger partial charge < -0.3 is 15.2 Å². The minimum absolute atomic E-state index is 0.199. The van der Waals surface area contributed by atoms with Crippen molar-refractivity contribution in [3.05, 3.63) is 69.7 Å². The number of hydrogen-bond donors (Lipinski definition) is 2. The van der Waals surface area contributed by atoms with Crippen molar-refractivity contribution in [2.24, 2.45) is 0 Å². The zero-order chi connectivity index (χ0) is 18.5. The van der Waals surface area contributed by atoms with Gasteiger partial charge in [0.1, 0.15) is 5.82 Å². The van der Waals surface area contributed by atoms with Crippen molar-refractivity contribution in [3.8, 4) is 0 Å². The van der Waals surface area contributed by atoms with Gasteiger partial charge in [-0.25, -0.2) is 9.78 Å². The largest absolute Gasteiger partial charge is 0.322 e. The summed E-state index contributed by atoms with van der Waals surface area (Å²) in [5.74, 6) is 0.418. The third-order valence-electron chi connectivity index (χ3n) is 3.86. The van der Waals surface area contributed by atoms with Crippen molar-refractivity contribution in [2.45, 2.75) is 19.9 Å². The van der Waals surface area contributed by atoms with Gasteiger partial charge in [-0.3, -0.25) is 4.79 Å². The second-order valence-corrected chi connectivity index (χ2v) is 6.33. The van der Waals surface area contributed by atoms with Crippen LogP contribution in [0.2, 0.25) is 5.02 Å². The number of aromatic amines is 1. The van der Waals surface area contributed by atoms with Gasteiger partial charge in [0, 0.05) is 17.3 Å². The normalized spacial score (nSPS) is 10.7. The summed E-state index contributed by atoms with van der Waals surface area (Å²) in [5.41, 5.74) is 0.975. The quantitative estimate of drug-likeness (QED) is 0.712. The van der Waals surface area contributed by atoms with E-state index in [0.29, 0.717) is 34.0 Å². The molecule has 0 aliphatic rings. The van der Waals surface area contributed by atoms with E-state index in [1.165, 1.54) is 0 Å². The Morgan fingerprint density at radius 1 is 1.23 bits per heavy atom. The molecular formula is C19H19ClN4O2. The molecule has 2 aromatic carbocycles. The van der Waals surface area contributed by atoms with Crippen LogP contribution in [0.3, 0.4) is 0 Å². The average Bonchev–Trinajstić information content (AvgIpc) is 2.62. The van der Waals surface area contributed by atoms with Gasteiger partial charge in [0.2, 0.25) is 0 Å². The molecule has 0 bridgehead atoms. The summed E-state index contributed by atoms with van der Waals surface area (Å²) in [4.78, 5) is 33.6. The molecule has 2 N–H and O–H groups in total. The Hall–Kier alpha value is -2.86. The van der Waals surface area contributed by atoms with Gasteiger partial charge >= 0.3 is 6.03 Å². The number of anilines is 1. The van der Waals surface area contributed by atoms with E-state index in [2.05, 4.69) is 15.3 Å². The van der Waals surface area contributed by atoms with E-state index < -0.39 is 0 Å². The van der Waals surface area contributed by atoms with E-state index >= 15 is 0 Å². The van der Waals surface area contributed by atoms with E-state index in [4.69, 9.17) is 11.6 Å². The van der Waals surface area contributed by atoms with Crippen molar-refractivity contribution in [1.82, 2.24) is 14.9 Å². The van der Waals surface area contributed by atoms with Gasteiger partial charge in [-0.15, -0.1) is 0 Å². The molecule has 3 aromatic rings. The number of fused-ring (bicyclic) bond motifs is 1. The van der Waals surface area contributed by atoms with Crippen LogP contribution in [0.25, 0.3) is 10.9 Å². The fourth-order valence-corrected chi connectivity index (χ4v) is 2.83. The average molecular weight is 371 g/mol. The van der Waals surface area contributed by atoms with Crippen molar-refractivity contribution < 1.29 is 4.79 Å². The molecule has 134 valence electrons. The van der Waals surface area contributed by atoms with Crippen molar-refractivity contribution >= 4 is 34.2 Å². The molecule has 3 rings (SSSR count). The number of benzene rings is 2. The maximum absolute atomic E-state index is 12.6. The lowest BCUT2D eigenvalue weighted by molar-refractivity contribution is 0.207. The van der Waals surface area contributed by atoms with Crippen LogP contribution in [0.15, 0.2) is 53.3 Å². The summed E-state index contributed by atoms with van der Waals surface area (Å²) in [7, 11) is 0. The molecule has 0 spiro atoms. The molecule has 0 atom stereocenters. The van der Waals surface area contributed by atoms with E-state index in [-0.39, 0.29) is 18.1 Å². The number of H-pyrrole nitrogens is 1. The SMILES string of the molecule is CCCN(Cc1nc2cc(Cl)ccc2c(=O)[nH]1)C(=O)Nc1ccccc1. The highest BCUT2D eigenvalue weighted by atomic mass is 35.5. The highest BCUT2D eigenvalue weighted by molar-refractivity contribution is 6.31. The molecule has 0 saturated carbocycles. The molecule has 0 aliphatic heterocycles. The molecule has 1 heterocycles. The first-order valence-electron chi connectivity index (χ1n) is 8.36. The number of urea groups is 1. The Morgan fingerprint density at radius 2 is 2.00 bits per heavy atom. The zero-order valence-corrected chi connectivity index (χ0v) is 15.1. The number of carbonyl (C=O) groups is 1. The Labute approximate surface area is 155 Å². The van der Waals surface area contributed by atoms with Crippen LogP contribution in [-0.4, -0.2) is 27.4 Å². The van der Waals surface area contributed by atoms with Gasteiger partial charge in [0.15, 0.2) is 0 Å². The number of carbonyl (C=O) groups excluding carboxylic acids is 1. The van der Waals surface area contributed by atoms with Crippen LogP contribution in [0.5, 0.6) is 0 Å². The number of para-hydroxylation sites is 1. The Balaban J connectivity index is 1.84. The number of nitrogens with zero attached hydrogens (tertiary/aromatic N) is 2. The summed E-state index contributed by atoms with van der Waals surface area (Å²) >= 11 is 5.99. The Morgan fingerprint density at radius 3 is 2.73 bits per heavy atom. The molecule has 0 fully saturated rings. The Bertz CT molecular complexity index is 972. The molecule has 26 heavy (non-hydrogen) atoms. The lowest BCUT2D eigenvalue weighted by Gasteiger charge is -2.22. The smallest absolute Gasteiger partial charge is 0.317 e. The van der Waals surface area contributed by atoms with Gasteiger partial charge in [0.25, 0.3) is 5.56 Å². The summed E-state index contributed by atoms with van der Waals surface area (Å²) in [5, 5.41) is 3.83. The molecule has 1 aromatic heterocycles. The minimum Gasteiger partial charge on any atom is -0.317 e. The number of halogens is 1. The maximum Gasteiger partial charge on any atom is 0.322 e. The standard InChI is InChI=1S/C19H19ClN4O2/c1-2-10-24(19(26)21-14-6-4-3-5-7-14)12-17-22-16-11-13(20)8-9-15(16)18(25)23-17/h3-9,11H,2,10,12H2,1H3,(H,21,26)(H,22,23,25). The molecule has 2 amide bonds. The number of amides is 2. The molecule has 7 heteroatoms. The summed E-state index contributed by atoms with van der Waals surface area (Å²) in [6.07, 6.45) is 0.784. The second kappa shape index (κ2) is 8.01. The fraction of sp³-hybridized carbons (Fsp3) is 0.211. The van der Waals surface area contributed by atoms with E-state index in [9.17, 15) is 9.59 Å². The van der Waals surface area contributed by atoms with E-state index in [1.54, 1.807) is 23.1 Å². The number of aromatic nitrogens is 2. The van der Waals surface area contributed by atoms with E-state index in [1.807, 2.05) is 37.3 Å². The topological polar surface area (TPSA) is 78.1 Å². The predicted molar refractivity (Wildman–Crippen MR) is 104 cm³/mol. The first kappa shape index (κ1) is 17.9. The van der Waals surface area contributed by atoms with Crippen LogP contribution in [0.1, 0.15) is 19.2 Å².